The molecule has 0 amide bonds. The molecule has 2 aromatic rings. The first-order chi connectivity index (χ1) is 10.1. The lowest BCUT2D eigenvalue weighted by Crippen LogP contribution is -2.16. The van der Waals surface area contributed by atoms with Crippen LogP contribution in [0.4, 0.5) is 0 Å². The second kappa shape index (κ2) is 6.53. The Morgan fingerprint density at radius 1 is 0.905 bits per heavy atom. The Kier molecular flexibility index (Phi) is 4.53. The maximum absolute atomic E-state index is 11.9. The van der Waals surface area contributed by atoms with Gasteiger partial charge in [0.05, 0.1) is 7.11 Å². The fraction of sp³-hybridized carbons (Fsp3) is 0.111. The second-order valence-corrected chi connectivity index (χ2v) is 4.43. The molecule has 0 bridgehead atoms. The lowest BCUT2D eigenvalue weighted by Gasteiger charge is -2.02. The number of esters is 1. The van der Waals surface area contributed by atoms with Gasteiger partial charge in [0, 0.05) is 16.7 Å². The van der Waals surface area contributed by atoms with Crippen LogP contribution in [0, 0.1) is 18.8 Å². The highest BCUT2D eigenvalue weighted by Crippen LogP contribution is 2.10. The summed E-state index contributed by atoms with van der Waals surface area (Å²) >= 11 is 0. The van der Waals surface area contributed by atoms with Crippen LogP contribution in [0.25, 0.3) is 0 Å². The van der Waals surface area contributed by atoms with Crippen LogP contribution in [-0.4, -0.2) is 18.9 Å². The lowest BCUT2D eigenvalue weighted by atomic mass is 10.0. The van der Waals surface area contributed by atoms with Crippen molar-refractivity contribution >= 4 is 11.8 Å². The summed E-state index contributed by atoms with van der Waals surface area (Å²) in [7, 11) is 1.18. The summed E-state index contributed by atoms with van der Waals surface area (Å²) in [5, 5.41) is 0. The van der Waals surface area contributed by atoms with Gasteiger partial charge in [-0.3, -0.25) is 4.79 Å². The van der Waals surface area contributed by atoms with Crippen molar-refractivity contribution in [1.82, 2.24) is 0 Å². The highest BCUT2D eigenvalue weighted by Gasteiger charge is 2.18. The first-order valence-electron chi connectivity index (χ1n) is 6.43. The molecule has 0 unspecified atom stereocenters. The average molecular weight is 278 g/mol. The zero-order valence-electron chi connectivity index (χ0n) is 11.8. The molecule has 0 aliphatic heterocycles. The van der Waals surface area contributed by atoms with Gasteiger partial charge in [0.25, 0.3) is 5.78 Å². The normalized spacial score (nSPS) is 9.43. The van der Waals surface area contributed by atoms with E-state index < -0.39 is 11.8 Å². The van der Waals surface area contributed by atoms with E-state index in [0.717, 1.165) is 11.1 Å². The van der Waals surface area contributed by atoms with Crippen LogP contribution in [0.15, 0.2) is 48.5 Å². The van der Waals surface area contributed by atoms with E-state index in [4.69, 9.17) is 0 Å². The Morgan fingerprint density at radius 3 is 2.14 bits per heavy atom. The van der Waals surface area contributed by atoms with Gasteiger partial charge in [0.1, 0.15) is 0 Å². The van der Waals surface area contributed by atoms with E-state index in [0.29, 0.717) is 5.56 Å². The molecule has 0 N–H and O–H groups in total. The molecule has 3 nitrogen and oxygen atoms in total. The van der Waals surface area contributed by atoms with Crippen molar-refractivity contribution in [2.75, 3.05) is 7.11 Å². The first-order valence-corrected chi connectivity index (χ1v) is 6.43. The zero-order chi connectivity index (χ0) is 15.2. The number of rotatable bonds is 2. The lowest BCUT2D eigenvalue weighted by molar-refractivity contribution is -0.135. The number of benzene rings is 2. The van der Waals surface area contributed by atoms with Crippen molar-refractivity contribution in [2.45, 2.75) is 6.92 Å². The van der Waals surface area contributed by atoms with Crippen LogP contribution in [-0.2, 0) is 9.53 Å². The molecule has 0 aliphatic rings. The minimum Gasteiger partial charge on any atom is -0.463 e. The third kappa shape index (κ3) is 3.37. The molecule has 21 heavy (non-hydrogen) atoms. The summed E-state index contributed by atoms with van der Waals surface area (Å²) in [5.41, 5.74) is 2.71. The topological polar surface area (TPSA) is 43.4 Å². The van der Waals surface area contributed by atoms with Gasteiger partial charge in [-0.2, -0.15) is 0 Å². The molecular formula is C18H14O3. The summed E-state index contributed by atoms with van der Waals surface area (Å²) in [6.07, 6.45) is 0. The highest BCUT2D eigenvalue weighted by molar-refractivity contribution is 6.41. The minimum atomic E-state index is -0.889. The third-order valence-electron chi connectivity index (χ3n) is 3.02. The van der Waals surface area contributed by atoms with Gasteiger partial charge >= 0.3 is 5.97 Å². The predicted molar refractivity (Wildman–Crippen MR) is 79.9 cm³/mol. The maximum atomic E-state index is 11.9. The van der Waals surface area contributed by atoms with Crippen molar-refractivity contribution in [3.8, 4) is 11.8 Å². The Bertz CT molecular complexity index is 748. The first kappa shape index (κ1) is 14.5. The third-order valence-corrected chi connectivity index (χ3v) is 3.02. The predicted octanol–water partition coefficient (Wildman–Crippen LogP) is 2.75. The number of carbonyl (C=O) groups excluding carboxylic acids is 2. The van der Waals surface area contributed by atoms with Crippen molar-refractivity contribution in [1.29, 1.82) is 0 Å². The Balaban J connectivity index is 2.41. The van der Waals surface area contributed by atoms with E-state index in [1.54, 1.807) is 24.3 Å². The second-order valence-electron chi connectivity index (χ2n) is 4.43. The molecular weight excluding hydrogens is 264 g/mol. The summed E-state index contributed by atoms with van der Waals surface area (Å²) in [5.74, 6) is 4.40. The van der Waals surface area contributed by atoms with E-state index >= 15 is 0 Å². The van der Waals surface area contributed by atoms with Gasteiger partial charge in [-0.1, -0.05) is 42.2 Å². The smallest absolute Gasteiger partial charge is 0.379 e. The number of ketones is 1. The van der Waals surface area contributed by atoms with Gasteiger partial charge < -0.3 is 4.74 Å². The molecule has 0 saturated carbocycles. The van der Waals surface area contributed by atoms with Gasteiger partial charge in [0.15, 0.2) is 0 Å². The number of carbonyl (C=O) groups is 2. The quantitative estimate of drug-likeness (QED) is 0.367. The van der Waals surface area contributed by atoms with Gasteiger partial charge in [-0.15, -0.1) is 0 Å². The van der Waals surface area contributed by atoms with Gasteiger partial charge in [-0.25, -0.2) is 4.79 Å². The molecule has 3 heteroatoms. The maximum Gasteiger partial charge on any atom is 0.379 e. The summed E-state index contributed by atoms with van der Waals surface area (Å²) in [6.45, 7) is 1.97. The average Bonchev–Trinajstić information content (AvgIpc) is 2.53. The van der Waals surface area contributed by atoms with Crippen LogP contribution in [0.5, 0.6) is 0 Å². The van der Waals surface area contributed by atoms with Crippen LogP contribution in [0.3, 0.4) is 0 Å². The van der Waals surface area contributed by atoms with Gasteiger partial charge in [0.2, 0.25) is 0 Å². The zero-order valence-corrected chi connectivity index (χ0v) is 11.8. The SMILES string of the molecule is COC(=O)C(=O)c1ccccc1C#Cc1ccccc1C. The summed E-state index contributed by atoms with van der Waals surface area (Å²) in [6, 6.07) is 14.5. The van der Waals surface area contributed by atoms with Gasteiger partial charge in [-0.05, 0) is 30.7 Å². The molecule has 0 aromatic heterocycles. The van der Waals surface area contributed by atoms with E-state index in [-0.39, 0.29) is 5.56 Å². The molecule has 0 aliphatic carbocycles. The molecule has 0 saturated heterocycles. The summed E-state index contributed by atoms with van der Waals surface area (Å²) < 4.78 is 4.47. The van der Waals surface area contributed by atoms with Crippen LogP contribution in [0.2, 0.25) is 0 Å². The molecule has 2 aromatic carbocycles. The largest absolute Gasteiger partial charge is 0.463 e. The Hall–Kier alpha value is -2.86. The van der Waals surface area contributed by atoms with Crippen LogP contribution in [0.1, 0.15) is 27.0 Å². The number of Topliss-reactive ketones (excluding diaryl/α,β-unsaturated/α-hetero) is 1. The van der Waals surface area contributed by atoms with Crippen molar-refractivity contribution in [3.05, 3.63) is 70.8 Å². The van der Waals surface area contributed by atoms with E-state index in [1.165, 1.54) is 7.11 Å². The van der Waals surface area contributed by atoms with E-state index in [9.17, 15) is 9.59 Å². The summed E-state index contributed by atoms with van der Waals surface area (Å²) in [4.78, 5) is 23.3. The fourth-order valence-corrected chi connectivity index (χ4v) is 1.84. The van der Waals surface area contributed by atoms with Crippen molar-refractivity contribution in [3.63, 3.8) is 0 Å². The highest BCUT2D eigenvalue weighted by atomic mass is 16.5. The van der Waals surface area contributed by atoms with Crippen LogP contribution >= 0.6 is 0 Å². The number of hydrogen-bond acceptors (Lipinski definition) is 3. The molecule has 104 valence electrons. The minimum absolute atomic E-state index is 0.255. The monoisotopic (exact) mass is 278 g/mol. The Morgan fingerprint density at radius 2 is 1.48 bits per heavy atom. The molecule has 0 radical (unpaired) electrons. The van der Waals surface area contributed by atoms with Crippen molar-refractivity contribution in [2.24, 2.45) is 0 Å². The van der Waals surface area contributed by atoms with Crippen molar-refractivity contribution < 1.29 is 14.3 Å². The number of aryl methyl sites for hydroxylation is 1. The van der Waals surface area contributed by atoms with E-state index in [1.807, 2.05) is 31.2 Å². The molecule has 0 fully saturated rings. The number of hydrogen-bond donors (Lipinski definition) is 0. The van der Waals surface area contributed by atoms with E-state index in [2.05, 4.69) is 16.6 Å². The standard InChI is InChI=1S/C18H14O3/c1-13-7-3-4-8-14(13)11-12-15-9-5-6-10-16(15)17(19)18(20)21-2/h3-10H,1-2H3. The molecule has 0 spiro atoms. The fourth-order valence-electron chi connectivity index (χ4n) is 1.84. The molecule has 0 atom stereocenters. The molecule has 2 rings (SSSR count). The van der Waals surface area contributed by atoms with Crippen LogP contribution < -0.4 is 0 Å². The molecule has 0 heterocycles. The number of ether oxygens (including phenoxy) is 1. The Labute approximate surface area is 123 Å². The number of methoxy groups -OCH3 is 1.